The fraction of sp³-hybridized carbons (Fsp3) is 0.500. The van der Waals surface area contributed by atoms with Gasteiger partial charge < -0.3 is 9.84 Å². The number of carboxylic acid groups (broad SMARTS) is 1. The highest BCUT2D eigenvalue weighted by Gasteiger charge is 2.49. The Bertz CT molecular complexity index is 886. The van der Waals surface area contributed by atoms with E-state index in [0.29, 0.717) is 0 Å². The molecule has 2 fully saturated rings. The van der Waals surface area contributed by atoms with Gasteiger partial charge in [-0.1, -0.05) is 0 Å². The van der Waals surface area contributed by atoms with Crippen molar-refractivity contribution >= 4 is 17.7 Å². The van der Waals surface area contributed by atoms with Crippen molar-refractivity contribution in [2.24, 2.45) is 7.05 Å². The number of nitrogens with zero attached hydrogens (tertiary/aromatic N) is 4. The zero-order chi connectivity index (χ0) is 21.9. The molecule has 0 radical (unpaired) electrons. The average Bonchev–Trinajstić information content (AvgIpc) is 3.23. The van der Waals surface area contributed by atoms with Gasteiger partial charge in [-0.15, -0.1) is 11.8 Å². The zero-order valence-corrected chi connectivity index (χ0v) is 16.8. The summed E-state index contributed by atoms with van der Waals surface area (Å²) >= 11 is 1.95. The number of carboxylic acids is 1. The Morgan fingerprint density at radius 1 is 1.43 bits per heavy atom. The number of hydrogen-bond donors (Lipinski definition) is 1. The zero-order valence-electron chi connectivity index (χ0n) is 16.0. The smallest absolute Gasteiger partial charge is 0.475 e. The predicted molar refractivity (Wildman–Crippen MR) is 101 cm³/mol. The quantitative estimate of drug-likeness (QED) is 0.721. The van der Waals surface area contributed by atoms with Gasteiger partial charge in [-0.25, -0.2) is 14.2 Å². The fourth-order valence-electron chi connectivity index (χ4n) is 3.41. The van der Waals surface area contributed by atoms with Crippen LogP contribution in [-0.2, 0) is 18.4 Å². The molecular formula is C18H20F4N4O3S. The second-order valence-corrected chi connectivity index (χ2v) is 8.69. The summed E-state index contributed by atoms with van der Waals surface area (Å²) in [6.45, 7) is 3.05. The lowest BCUT2D eigenvalue weighted by molar-refractivity contribution is -0.192. The maximum atomic E-state index is 13.6. The predicted octanol–water partition coefficient (Wildman–Crippen LogP) is 2.73. The third-order valence-electron chi connectivity index (χ3n) is 4.61. The van der Waals surface area contributed by atoms with Gasteiger partial charge in [0.25, 0.3) is 5.88 Å². The second kappa shape index (κ2) is 8.80. The Hall–Kier alpha value is -2.34. The van der Waals surface area contributed by atoms with Gasteiger partial charge in [0, 0.05) is 61.6 Å². The van der Waals surface area contributed by atoms with E-state index in [1.54, 1.807) is 12.3 Å². The molecule has 2 saturated heterocycles. The van der Waals surface area contributed by atoms with Crippen LogP contribution in [0.4, 0.5) is 17.6 Å². The number of alkyl halides is 3. The number of likely N-dealkylation sites (tertiary alicyclic amines) is 1. The van der Waals surface area contributed by atoms with Crippen LogP contribution in [0.3, 0.4) is 0 Å². The lowest BCUT2D eigenvalue weighted by Gasteiger charge is -2.47. The number of carbonyl (C=O) groups is 1. The van der Waals surface area contributed by atoms with E-state index in [1.807, 2.05) is 29.7 Å². The number of ether oxygens (including phenoxy) is 1. The molecule has 164 valence electrons. The Morgan fingerprint density at radius 3 is 2.70 bits per heavy atom. The highest BCUT2D eigenvalue weighted by Crippen LogP contribution is 2.46. The average molecular weight is 448 g/mol. The molecule has 0 saturated carbocycles. The van der Waals surface area contributed by atoms with Crippen LogP contribution in [-0.4, -0.2) is 66.6 Å². The molecule has 1 atom stereocenters. The second-order valence-electron chi connectivity index (χ2n) is 7.20. The van der Waals surface area contributed by atoms with Crippen molar-refractivity contribution in [2.75, 3.05) is 18.8 Å². The molecule has 4 rings (SSSR count). The normalized spacial score (nSPS) is 20.4. The van der Waals surface area contributed by atoms with Crippen molar-refractivity contribution in [3.63, 3.8) is 0 Å². The summed E-state index contributed by atoms with van der Waals surface area (Å²) in [5, 5.41) is 11.3. The van der Waals surface area contributed by atoms with Crippen LogP contribution < -0.4 is 4.74 Å². The molecule has 0 amide bonds. The molecule has 1 N–H and O–H groups in total. The Balaban J connectivity index is 0.000000318. The van der Waals surface area contributed by atoms with Crippen molar-refractivity contribution in [1.82, 2.24) is 19.7 Å². The van der Waals surface area contributed by atoms with Crippen LogP contribution in [0.1, 0.15) is 12.0 Å². The minimum Gasteiger partial charge on any atom is -0.475 e. The molecule has 2 aromatic rings. The summed E-state index contributed by atoms with van der Waals surface area (Å²) in [6, 6.07) is 2.97. The lowest BCUT2D eigenvalue weighted by Crippen LogP contribution is -2.58. The van der Waals surface area contributed by atoms with E-state index in [1.165, 1.54) is 11.6 Å². The molecule has 1 unspecified atom stereocenters. The minimum atomic E-state index is -5.08. The van der Waals surface area contributed by atoms with Crippen molar-refractivity contribution in [3.05, 3.63) is 42.1 Å². The molecule has 0 aliphatic carbocycles. The fourth-order valence-corrected chi connectivity index (χ4v) is 4.98. The van der Waals surface area contributed by atoms with Crippen LogP contribution in [0.15, 0.2) is 30.7 Å². The maximum Gasteiger partial charge on any atom is 0.490 e. The first kappa shape index (κ1) is 22.3. The van der Waals surface area contributed by atoms with Gasteiger partial charge in [-0.05, 0) is 12.1 Å². The standard InChI is InChI=1S/C16H19FN4OS.C2HF3O2/c1-20-7-12(6-19-20)8-21-10-16(11-21)5-13(9-23-16)22-15-14(17)3-2-4-18-15;3-2(4,5)1(6)7/h2-4,6-7,13H,5,8-11H2,1H3;(H,6,7). The van der Waals surface area contributed by atoms with Crippen LogP contribution in [0.5, 0.6) is 5.88 Å². The third-order valence-corrected chi connectivity index (χ3v) is 6.18. The molecule has 1 spiro atoms. The number of aliphatic carboxylic acids is 1. The molecule has 0 aromatic carbocycles. The minimum absolute atomic E-state index is 0.0462. The van der Waals surface area contributed by atoms with Gasteiger partial charge in [0.2, 0.25) is 0 Å². The summed E-state index contributed by atoms with van der Waals surface area (Å²) in [5.74, 6) is -2.11. The number of aryl methyl sites for hydroxylation is 1. The maximum absolute atomic E-state index is 13.6. The number of rotatable bonds is 4. The van der Waals surface area contributed by atoms with Crippen LogP contribution in [0.25, 0.3) is 0 Å². The first-order chi connectivity index (χ1) is 14.1. The summed E-state index contributed by atoms with van der Waals surface area (Å²) < 4.78 is 53.2. The first-order valence-corrected chi connectivity index (χ1v) is 9.96. The van der Waals surface area contributed by atoms with E-state index >= 15 is 0 Å². The Labute approximate surface area is 174 Å². The largest absolute Gasteiger partial charge is 0.490 e. The molecule has 2 aliphatic heterocycles. The van der Waals surface area contributed by atoms with Crippen molar-refractivity contribution in [3.8, 4) is 5.88 Å². The highest BCUT2D eigenvalue weighted by atomic mass is 32.2. The molecular weight excluding hydrogens is 428 g/mol. The van der Waals surface area contributed by atoms with Gasteiger partial charge in [0.1, 0.15) is 6.10 Å². The van der Waals surface area contributed by atoms with Crippen LogP contribution in [0.2, 0.25) is 0 Å². The van der Waals surface area contributed by atoms with E-state index in [4.69, 9.17) is 14.6 Å². The number of halogens is 4. The summed E-state index contributed by atoms with van der Waals surface area (Å²) in [6.07, 6.45) is 1.46. The van der Waals surface area contributed by atoms with Gasteiger partial charge in [-0.3, -0.25) is 9.58 Å². The Kier molecular flexibility index (Phi) is 6.56. The highest BCUT2D eigenvalue weighted by molar-refractivity contribution is 8.01. The molecule has 7 nitrogen and oxygen atoms in total. The first-order valence-electron chi connectivity index (χ1n) is 8.97. The SMILES string of the molecule is Cn1cc(CN2CC3(CC(Oc4ncccc4F)CS3)C2)cn1.O=C(O)C(F)(F)F. The summed E-state index contributed by atoms with van der Waals surface area (Å²) in [7, 11) is 1.94. The van der Waals surface area contributed by atoms with Gasteiger partial charge in [0.05, 0.1) is 6.20 Å². The van der Waals surface area contributed by atoms with Crippen LogP contribution >= 0.6 is 11.8 Å². The molecule has 12 heteroatoms. The number of hydrogen-bond acceptors (Lipinski definition) is 6. The molecule has 0 bridgehead atoms. The number of aromatic nitrogens is 3. The van der Waals surface area contributed by atoms with Crippen molar-refractivity contribution in [1.29, 1.82) is 0 Å². The summed E-state index contributed by atoms with van der Waals surface area (Å²) in [5.41, 5.74) is 1.24. The van der Waals surface area contributed by atoms with Crippen LogP contribution in [0, 0.1) is 5.82 Å². The number of thioether (sulfide) groups is 1. The molecule has 4 heterocycles. The van der Waals surface area contributed by atoms with Crippen molar-refractivity contribution in [2.45, 2.75) is 30.0 Å². The molecule has 30 heavy (non-hydrogen) atoms. The third kappa shape index (κ3) is 5.63. The molecule has 2 aliphatic rings. The van der Waals surface area contributed by atoms with E-state index < -0.39 is 12.1 Å². The summed E-state index contributed by atoms with van der Waals surface area (Å²) in [4.78, 5) is 15.3. The van der Waals surface area contributed by atoms with E-state index in [-0.39, 0.29) is 22.5 Å². The van der Waals surface area contributed by atoms with Crippen molar-refractivity contribution < 1.29 is 32.2 Å². The Morgan fingerprint density at radius 2 is 2.13 bits per heavy atom. The van der Waals surface area contributed by atoms with E-state index in [0.717, 1.165) is 31.8 Å². The van der Waals surface area contributed by atoms with E-state index in [9.17, 15) is 17.6 Å². The lowest BCUT2D eigenvalue weighted by atomic mass is 9.92. The molecule has 2 aromatic heterocycles. The van der Waals surface area contributed by atoms with Gasteiger partial charge >= 0.3 is 12.1 Å². The monoisotopic (exact) mass is 448 g/mol. The van der Waals surface area contributed by atoms with E-state index in [2.05, 4.69) is 21.2 Å². The topological polar surface area (TPSA) is 80.5 Å². The number of pyridine rings is 1. The van der Waals surface area contributed by atoms with Gasteiger partial charge in [-0.2, -0.15) is 18.3 Å². The van der Waals surface area contributed by atoms with Gasteiger partial charge in [0.15, 0.2) is 5.82 Å².